The van der Waals surface area contributed by atoms with Crippen LogP contribution in [-0.2, 0) is 0 Å². The van der Waals surface area contributed by atoms with E-state index in [0.29, 0.717) is 18.8 Å². The largest absolute Gasteiger partial charge is 0.496 e. The van der Waals surface area contributed by atoms with Crippen LogP contribution in [0.5, 0.6) is 5.75 Å². The quantitative estimate of drug-likeness (QED) is 0.887. The molecule has 1 aliphatic heterocycles. The zero-order chi connectivity index (χ0) is 19.6. The first kappa shape index (κ1) is 18.5. The summed E-state index contributed by atoms with van der Waals surface area (Å²) < 4.78 is 5.53. The van der Waals surface area contributed by atoms with Gasteiger partial charge in [0.1, 0.15) is 11.8 Å². The van der Waals surface area contributed by atoms with E-state index in [4.69, 9.17) is 10.5 Å². The monoisotopic (exact) mass is 359 g/mol. The Kier molecular flexibility index (Phi) is 4.91. The molecule has 3 rings (SSSR count). The zero-order valence-corrected chi connectivity index (χ0v) is 15.4. The molecule has 0 saturated carbocycles. The Balaban J connectivity index is 2.35. The van der Waals surface area contributed by atoms with Crippen LogP contribution in [0.2, 0.25) is 0 Å². The number of ether oxygens (including phenoxy) is 1. The lowest BCUT2D eigenvalue weighted by Crippen LogP contribution is -2.48. The van der Waals surface area contributed by atoms with E-state index in [-0.39, 0.29) is 17.2 Å². The van der Waals surface area contributed by atoms with E-state index in [1.165, 1.54) is 0 Å². The maximum absolute atomic E-state index is 10.1. The molecule has 0 bridgehead atoms. The predicted octanol–water partition coefficient (Wildman–Crippen LogP) is 2.44. The second kappa shape index (κ2) is 7.16. The van der Waals surface area contributed by atoms with E-state index in [1.807, 2.05) is 30.3 Å². The summed E-state index contributed by atoms with van der Waals surface area (Å²) in [6, 6.07) is 13.8. The number of hydrogen-bond acceptors (Lipinski definition) is 6. The number of allylic oxidation sites excluding steroid dienone is 2. The summed E-state index contributed by atoms with van der Waals surface area (Å²) in [5.41, 5.74) is 6.57. The van der Waals surface area contributed by atoms with Crippen molar-refractivity contribution in [1.82, 2.24) is 4.90 Å². The van der Waals surface area contributed by atoms with Crippen LogP contribution in [0.4, 0.5) is 0 Å². The Morgan fingerprint density at radius 1 is 1.26 bits per heavy atom. The normalized spacial score (nSPS) is 24.0. The fourth-order valence-electron chi connectivity index (χ4n) is 4.27. The standard InChI is InChI=1S/C21H21N5O/c1-3-26-9-8-14-16(10-22)20(25)21(12-23,13-24)19(17(14)11-26)15-6-4-5-7-18(15)27-2/h4-8,17,19H,3,9,11,25H2,1-2H3. The second-order valence-electron chi connectivity index (χ2n) is 6.77. The van der Waals surface area contributed by atoms with Gasteiger partial charge in [-0.2, -0.15) is 15.8 Å². The Labute approximate surface area is 159 Å². The van der Waals surface area contributed by atoms with Gasteiger partial charge in [0.05, 0.1) is 30.5 Å². The molecule has 6 heteroatoms. The molecule has 0 spiro atoms. The fraction of sp³-hybridized carbons (Fsp3) is 0.381. The maximum Gasteiger partial charge on any atom is 0.191 e. The molecule has 136 valence electrons. The molecule has 1 aromatic rings. The first-order valence-electron chi connectivity index (χ1n) is 8.86. The number of nitriles is 3. The van der Waals surface area contributed by atoms with Gasteiger partial charge in [0, 0.05) is 30.5 Å². The van der Waals surface area contributed by atoms with Crippen molar-refractivity contribution in [3.05, 3.63) is 52.7 Å². The number of likely N-dealkylation sites (N-methyl/N-ethyl adjacent to an activating group) is 1. The van der Waals surface area contributed by atoms with Gasteiger partial charge in [-0.15, -0.1) is 0 Å². The molecule has 0 fully saturated rings. The second-order valence-corrected chi connectivity index (χ2v) is 6.77. The Hall–Kier alpha value is -3.27. The van der Waals surface area contributed by atoms with Crippen LogP contribution < -0.4 is 10.5 Å². The van der Waals surface area contributed by atoms with E-state index >= 15 is 0 Å². The van der Waals surface area contributed by atoms with Crippen molar-refractivity contribution in [2.24, 2.45) is 17.1 Å². The molecule has 0 radical (unpaired) electrons. The van der Waals surface area contributed by atoms with Crippen molar-refractivity contribution in [2.75, 3.05) is 26.7 Å². The van der Waals surface area contributed by atoms with Crippen molar-refractivity contribution in [3.63, 3.8) is 0 Å². The van der Waals surface area contributed by atoms with Gasteiger partial charge in [0.15, 0.2) is 5.41 Å². The molecule has 1 aromatic carbocycles. The van der Waals surface area contributed by atoms with Crippen LogP contribution in [0.15, 0.2) is 47.2 Å². The third kappa shape index (κ3) is 2.65. The van der Waals surface area contributed by atoms with E-state index < -0.39 is 11.3 Å². The molecule has 1 aliphatic carbocycles. The van der Waals surface area contributed by atoms with Crippen LogP contribution in [-0.4, -0.2) is 31.6 Å². The molecule has 0 amide bonds. The van der Waals surface area contributed by atoms with Gasteiger partial charge >= 0.3 is 0 Å². The minimum absolute atomic E-state index is 0.0401. The lowest BCUT2D eigenvalue weighted by Gasteiger charge is -2.45. The first-order valence-corrected chi connectivity index (χ1v) is 8.86. The van der Waals surface area contributed by atoms with Crippen molar-refractivity contribution in [2.45, 2.75) is 12.8 Å². The molecule has 2 atom stereocenters. The summed E-state index contributed by atoms with van der Waals surface area (Å²) in [5, 5.41) is 29.8. The minimum Gasteiger partial charge on any atom is -0.496 e. The summed E-state index contributed by atoms with van der Waals surface area (Å²) in [7, 11) is 1.57. The van der Waals surface area contributed by atoms with E-state index in [1.54, 1.807) is 7.11 Å². The Morgan fingerprint density at radius 3 is 2.56 bits per heavy atom. The molecule has 2 unspecified atom stereocenters. The number of nitrogens with zero attached hydrogens (tertiary/aromatic N) is 4. The van der Waals surface area contributed by atoms with Crippen molar-refractivity contribution < 1.29 is 4.74 Å². The molecule has 2 N–H and O–H groups in total. The summed E-state index contributed by atoms with van der Waals surface area (Å²) in [6.07, 6.45) is 2.00. The molecular formula is C21H21N5O. The number of methoxy groups -OCH3 is 1. The highest BCUT2D eigenvalue weighted by Crippen LogP contribution is 2.55. The third-order valence-corrected chi connectivity index (χ3v) is 5.66. The third-order valence-electron chi connectivity index (χ3n) is 5.66. The fourth-order valence-corrected chi connectivity index (χ4v) is 4.27. The lowest BCUT2D eigenvalue weighted by molar-refractivity contribution is 0.212. The molecular weight excluding hydrogens is 338 g/mol. The van der Waals surface area contributed by atoms with Gasteiger partial charge < -0.3 is 10.5 Å². The molecule has 0 saturated heterocycles. The lowest BCUT2D eigenvalue weighted by atomic mass is 9.58. The summed E-state index contributed by atoms with van der Waals surface area (Å²) in [5.74, 6) is -0.115. The van der Waals surface area contributed by atoms with Gasteiger partial charge in [-0.25, -0.2) is 0 Å². The number of fused-ring (bicyclic) bond motifs is 1. The highest BCUT2D eigenvalue weighted by atomic mass is 16.5. The average Bonchev–Trinajstić information content (AvgIpc) is 2.72. The first-order chi connectivity index (χ1) is 13.1. The van der Waals surface area contributed by atoms with Gasteiger partial charge in [-0.3, -0.25) is 4.90 Å². The van der Waals surface area contributed by atoms with Gasteiger partial charge in [0.25, 0.3) is 0 Å². The van der Waals surface area contributed by atoms with Gasteiger partial charge in [0.2, 0.25) is 0 Å². The van der Waals surface area contributed by atoms with E-state index in [0.717, 1.165) is 17.7 Å². The highest BCUT2D eigenvalue weighted by molar-refractivity contribution is 5.60. The van der Waals surface area contributed by atoms with Crippen LogP contribution in [0.3, 0.4) is 0 Å². The smallest absolute Gasteiger partial charge is 0.191 e. The van der Waals surface area contributed by atoms with Crippen LogP contribution in [0, 0.1) is 45.3 Å². The SMILES string of the molecule is CCN1CC=C2C(C#N)=C(N)C(C#N)(C#N)C(c3ccccc3OC)C2C1. The zero-order valence-electron chi connectivity index (χ0n) is 15.4. The van der Waals surface area contributed by atoms with Crippen LogP contribution in [0.1, 0.15) is 18.4 Å². The number of hydrogen-bond donors (Lipinski definition) is 1. The number of benzene rings is 1. The number of nitrogens with two attached hydrogens (primary N) is 1. The highest BCUT2D eigenvalue weighted by Gasteiger charge is 2.55. The molecule has 0 aromatic heterocycles. The molecule has 6 nitrogen and oxygen atoms in total. The van der Waals surface area contributed by atoms with Gasteiger partial charge in [-0.05, 0) is 18.2 Å². The topological polar surface area (TPSA) is 110 Å². The summed E-state index contributed by atoms with van der Waals surface area (Å²) in [4.78, 5) is 2.23. The van der Waals surface area contributed by atoms with E-state index in [2.05, 4.69) is 30.0 Å². The number of para-hydroxylation sites is 1. The van der Waals surface area contributed by atoms with Crippen molar-refractivity contribution in [1.29, 1.82) is 15.8 Å². The predicted molar refractivity (Wildman–Crippen MR) is 99.9 cm³/mol. The molecule has 1 heterocycles. The maximum atomic E-state index is 10.1. The Morgan fingerprint density at radius 2 is 1.96 bits per heavy atom. The van der Waals surface area contributed by atoms with Crippen molar-refractivity contribution >= 4 is 0 Å². The average molecular weight is 359 g/mol. The van der Waals surface area contributed by atoms with Gasteiger partial charge in [-0.1, -0.05) is 31.2 Å². The van der Waals surface area contributed by atoms with Crippen LogP contribution >= 0.6 is 0 Å². The molecule has 27 heavy (non-hydrogen) atoms. The summed E-state index contributed by atoms with van der Waals surface area (Å²) in [6.45, 7) is 4.27. The summed E-state index contributed by atoms with van der Waals surface area (Å²) >= 11 is 0. The van der Waals surface area contributed by atoms with Crippen molar-refractivity contribution in [3.8, 4) is 24.0 Å². The molecule has 2 aliphatic rings. The Bertz CT molecular complexity index is 927. The van der Waals surface area contributed by atoms with E-state index in [9.17, 15) is 15.8 Å². The minimum atomic E-state index is -1.63. The number of rotatable bonds is 3. The van der Waals surface area contributed by atoms with Crippen LogP contribution in [0.25, 0.3) is 0 Å².